The van der Waals surface area contributed by atoms with E-state index in [1.54, 1.807) is 11.8 Å². The zero-order valence-corrected chi connectivity index (χ0v) is 10.4. The van der Waals surface area contributed by atoms with E-state index in [9.17, 15) is 9.59 Å². The summed E-state index contributed by atoms with van der Waals surface area (Å²) in [7, 11) is 0. The molecule has 1 rings (SSSR count). The quantitative estimate of drug-likeness (QED) is 0.667. The monoisotopic (exact) mass is 245 g/mol. The molecule has 16 heavy (non-hydrogen) atoms. The second-order valence-electron chi connectivity index (χ2n) is 4.27. The number of carbonyl (C=O) groups is 2. The largest absolute Gasteiger partial charge is 0.481 e. The van der Waals surface area contributed by atoms with Crippen LogP contribution in [0.15, 0.2) is 0 Å². The minimum absolute atomic E-state index is 0.0500. The Morgan fingerprint density at radius 1 is 1.44 bits per heavy atom. The van der Waals surface area contributed by atoms with E-state index in [0.717, 1.165) is 18.6 Å². The molecule has 0 aromatic carbocycles. The van der Waals surface area contributed by atoms with Gasteiger partial charge in [-0.05, 0) is 25.0 Å². The molecule has 1 fully saturated rings. The lowest BCUT2D eigenvalue weighted by atomic mass is 9.69. The van der Waals surface area contributed by atoms with Crippen molar-refractivity contribution >= 4 is 23.6 Å². The molecule has 0 aliphatic heterocycles. The first kappa shape index (κ1) is 13.4. The van der Waals surface area contributed by atoms with Crippen LogP contribution >= 0.6 is 11.8 Å². The molecule has 92 valence electrons. The molecule has 0 aromatic heterocycles. The summed E-state index contributed by atoms with van der Waals surface area (Å²) in [4.78, 5) is 22.4. The Balaban J connectivity index is 2.22. The van der Waals surface area contributed by atoms with Crippen LogP contribution in [0.25, 0.3) is 0 Å². The van der Waals surface area contributed by atoms with Crippen molar-refractivity contribution in [2.75, 3.05) is 18.1 Å². The van der Waals surface area contributed by atoms with Crippen molar-refractivity contribution in [3.05, 3.63) is 0 Å². The molecule has 0 heterocycles. The van der Waals surface area contributed by atoms with Crippen LogP contribution in [0.2, 0.25) is 0 Å². The molecule has 0 unspecified atom stereocenters. The van der Waals surface area contributed by atoms with Crippen LogP contribution in [-0.2, 0) is 9.59 Å². The van der Waals surface area contributed by atoms with E-state index < -0.39 is 11.4 Å². The van der Waals surface area contributed by atoms with E-state index in [4.69, 9.17) is 5.11 Å². The van der Waals surface area contributed by atoms with Gasteiger partial charge in [-0.15, -0.1) is 0 Å². The van der Waals surface area contributed by atoms with Crippen LogP contribution in [0.3, 0.4) is 0 Å². The lowest BCUT2D eigenvalue weighted by Crippen LogP contribution is -2.47. The van der Waals surface area contributed by atoms with Gasteiger partial charge < -0.3 is 10.4 Å². The Labute approximate surface area is 100 Å². The summed E-state index contributed by atoms with van der Waals surface area (Å²) in [5, 5.41) is 11.8. The molecule has 0 aromatic rings. The van der Waals surface area contributed by atoms with E-state index in [2.05, 4.69) is 12.2 Å². The van der Waals surface area contributed by atoms with Crippen LogP contribution in [0.5, 0.6) is 0 Å². The number of hydrogen-bond donors (Lipinski definition) is 2. The Bertz CT molecular complexity index is 264. The van der Waals surface area contributed by atoms with Crippen LogP contribution < -0.4 is 5.32 Å². The third-order valence-corrected chi connectivity index (χ3v) is 4.13. The highest BCUT2D eigenvalue weighted by molar-refractivity contribution is 7.99. The highest BCUT2D eigenvalue weighted by atomic mass is 32.2. The maximum Gasteiger partial charge on any atom is 0.311 e. The van der Waals surface area contributed by atoms with E-state index in [1.807, 2.05) is 0 Å². The molecule has 0 spiro atoms. The zero-order chi connectivity index (χ0) is 12.0. The van der Waals surface area contributed by atoms with Gasteiger partial charge in [0.05, 0.1) is 11.2 Å². The molecule has 0 saturated heterocycles. The van der Waals surface area contributed by atoms with Crippen molar-refractivity contribution in [2.45, 2.75) is 32.6 Å². The Morgan fingerprint density at radius 2 is 2.12 bits per heavy atom. The summed E-state index contributed by atoms with van der Waals surface area (Å²) < 4.78 is 0. The van der Waals surface area contributed by atoms with Crippen molar-refractivity contribution in [3.63, 3.8) is 0 Å². The first-order valence-corrected chi connectivity index (χ1v) is 6.84. The third kappa shape index (κ3) is 3.40. The fraction of sp³-hybridized carbons (Fsp3) is 0.818. The summed E-state index contributed by atoms with van der Waals surface area (Å²) >= 11 is 1.59. The fourth-order valence-electron chi connectivity index (χ4n) is 1.70. The van der Waals surface area contributed by atoms with Gasteiger partial charge in [0.15, 0.2) is 0 Å². The molecule has 4 nitrogen and oxygen atoms in total. The van der Waals surface area contributed by atoms with Gasteiger partial charge in [0.2, 0.25) is 5.91 Å². The van der Waals surface area contributed by atoms with Crippen molar-refractivity contribution in [1.29, 1.82) is 0 Å². The molecule has 0 radical (unpaired) electrons. The van der Waals surface area contributed by atoms with Crippen molar-refractivity contribution in [1.82, 2.24) is 5.32 Å². The highest BCUT2D eigenvalue weighted by Crippen LogP contribution is 2.40. The van der Waals surface area contributed by atoms with Crippen LogP contribution in [0.4, 0.5) is 0 Å². The molecule has 1 amide bonds. The number of carboxylic acids is 1. The van der Waals surface area contributed by atoms with Gasteiger partial charge in [-0.2, -0.15) is 11.8 Å². The Morgan fingerprint density at radius 3 is 2.56 bits per heavy atom. The topological polar surface area (TPSA) is 66.4 Å². The number of aliphatic carboxylic acids is 1. The number of hydrogen-bond acceptors (Lipinski definition) is 3. The smallest absolute Gasteiger partial charge is 0.311 e. The summed E-state index contributed by atoms with van der Waals surface area (Å²) in [5.74, 6) is 0.576. The van der Waals surface area contributed by atoms with Gasteiger partial charge in [0, 0.05) is 6.54 Å². The van der Waals surface area contributed by atoms with Gasteiger partial charge in [0.1, 0.15) is 0 Å². The van der Waals surface area contributed by atoms with Crippen LogP contribution in [-0.4, -0.2) is 35.0 Å². The molecular formula is C11H19NO3S. The van der Waals surface area contributed by atoms with Crippen molar-refractivity contribution < 1.29 is 14.7 Å². The molecule has 0 atom stereocenters. The molecule has 5 heteroatoms. The number of carbonyl (C=O) groups excluding carboxylic acids is 1. The molecular weight excluding hydrogens is 226 g/mol. The predicted octanol–water partition coefficient (Wildman–Crippen LogP) is 1.50. The van der Waals surface area contributed by atoms with Gasteiger partial charge in [-0.25, -0.2) is 0 Å². The average Bonchev–Trinajstić information content (AvgIpc) is 2.16. The van der Waals surface area contributed by atoms with E-state index >= 15 is 0 Å². The number of carboxylic acid groups (broad SMARTS) is 1. The van der Waals surface area contributed by atoms with E-state index in [0.29, 0.717) is 18.6 Å². The molecule has 1 aliphatic carbocycles. The fourth-order valence-corrected chi connectivity index (χ4v) is 2.42. The zero-order valence-electron chi connectivity index (χ0n) is 9.62. The SMILES string of the molecule is CCCSCC(=O)NCC1(C(=O)O)CCC1. The third-order valence-electron chi connectivity index (χ3n) is 2.97. The average molecular weight is 245 g/mol. The number of thioether (sulfide) groups is 1. The highest BCUT2D eigenvalue weighted by Gasteiger charge is 2.44. The first-order chi connectivity index (χ1) is 7.60. The second-order valence-corrected chi connectivity index (χ2v) is 5.37. The molecule has 0 bridgehead atoms. The van der Waals surface area contributed by atoms with Crippen molar-refractivity contribution in [3.8, 4) is 0 Å². The normalized spacial score (nSPS) is 17.6. The summed E-state index contributed by atoms with van der Waals surface area (Å²) in [6.07, 6.45) is 3.37. The maximum absolute atomic E-state index is 11.4. The molecule has 1 saturated carbocycles. The predicted molar refractivity (Wildman–Crippen MR) is 64.5 cm³/mol. The Kier molecular flexibility index (Phi) is 5.12. The number of nitrogens with one attached hydrogen (secondary N) is 1. The van der Waals surface area contributed by atoms with E-state index in [1.165, 1.54) is 0 Å². The standard InChI is InChI=1S/C11H19NO3S/c1-2-6-16-7-9(13)12-8-11(10(14)15)4-3-5-11/h2-8H2,1H3,(H,12,13)(H,14,15). The first-order valence-electron chi connectivity index (χ1n) is 5.68. The summed E-state index contributed by atoms with van der Waals surface area (Å²) in [6.45, 7) is 2.35. The van der Waals surface area contributed by atoms with Crippen LogP contribution in [0, 0.1) is 5.41 Å². The van der Waals surface area contributed by atoms with Gasteiger partial charge >= 0.3 is 5.97 Å². The summed E-state index contributed by atoms with van der Waals surface area (Å²) in [5.41, 5.74) is -0.676. The van der Waals surface area contributed by atoms with E-state index in [-0.39, 0.29) is 12.5 Å². The second kappa shape index (κ2) is 6.13. The minimum atomic E-state index is -0.778. The number of rotatable bonds is 7. The van der Waals surface area contributed by atoms with Crippen LogP contribution in [0.1, 0.15) is 32.6 Å². The van der Waals surface area contributed by atoms with Gasteiger partial charge in [-0.1, -0.05) is 13.3 Å². The lowest BCUT2D eigenvalue weighted by Gasteiger charge is -2.37. The lowest BCUT2D eigenvalue weighted by molar-refractivity contribution is -0.154. The van der Waals surface area contributed by atoms with Gasteiger partial charge in [0.25, 0.3) is 0 Å². The van der Waals surface area contributed by atoms with Crippen molar-refractivity contribution in [2.24, 2.45) is 5.41 Å². The minimum Gasteiger partial charge on any atom is -0.481 e. The summed E-state index contributed by atoms with van der Waals surface area (Å²) in [6, 6.07) is 0. The maximum atomic E-state index is 11.4. The molecule has 2 N–H and O–H groups in total. The Hall–Kier alpha value is -0.710. The molecule has 1 aliphatic rings. The number of amides is 1. The van der Waals surface area contributed by atoms with Gasteiger partial charge in [-0.3, -0.25) is 9.59 Å².